The number of para-hydroxylation sites is 1. The fraction of sp³-hybridized carbons (Fsp3) is 0.0952. The largest absolute Gasteiger partial charge is 0.378 e. The van der Waals surface area contributed by atoms with Crippen LogP contribution in [-0.2, 0) is 10.1 Å². The summed E-state index contributed by atoms with van der Waals surface area (Å²) in [7, 11) is -3.93. The molecule has 0 aliphatic rings. The molecule has 0 saturated heterocycles. The average molecular weight is 444 g/mol. The maximum absolute atomic E-state index is 12.6. The summed E-state index contributed by atoms with van der Waals surface area (Å²) in [5.74, 6) is 0.219. The molecule has 0 bridgehead atoms. The Hall–Kier alpha value is -2.44. The van der Waals surface area contributed by atoms with Crippen molar-refractivity contribution in [3.05, 3.63) is 87.9 Å². The van der Waals surface area contributed by atoms with Crippen molar-refractivity contribution in [2.24, 2.45) is 4.99 Å². The normalized spacial score (nSPS) is 11.7. The fourth-order valence-corrected chi connectivity index (χ4v) is 3.75. The number of rotatable bonds is 5. The van der Waals surface area contributed by atoms with Gasteiger partial charge < -0.3 is 4.18 Å². The molecule has 0 atom stereocenters. The number of nitrogens with zero attached hydrogens (tertiary/aromatic N) is 1. The minimum absolute atomic E-state index is 0.109. The van der Waals surface area contributed by atoms with Gasteiger partial charge in [-0.05, 0) is 55.8 Å². The monoisotopic (exact) mass is 443 g/mol. The number of halogens is 1. The first-order valence-electron chi connectivity index (χ1n) is 8.25. The predicted octanol–water partition coefficient (Wildman–Crippen LogP) is 5.58. The first-order chi connectivity index (χ1) is 12.8. The van der Waals surface area contributed by atoms with Gasteiger partial charge >= 0.3 is 10.1 Å². The molecule has 0 fully saturated rings. The van der Waals surface area contributed by atoms with E-state index in [9.17, 15) is 8.42 Å². The van der Waals surface area contributed by atoms with Crippen molar-refractivity contribution in [1.29, 1.82) is 0 Å². The maximum Gasteiger partial charge on any atom is 0.339 e. The Morgan fingerprint density at radius 3 is 2.37 bits per heavy atom. The van der Waals surface area contributed by atoms with Crippen LogP contribution >= 0.6 is 15.9 Å². The van der Waals surface area contributed by atoms with Crippen molar-refractivity contribution in [2.45, 2.75) is 18.7 Å². The van der Waals surface area contributed by atoms with E-state index in [-0.39, 0.29) is 10.6 Å². The van der Waals surface area contributed by atoms with Crippen LogP contribution in [0.25, 0.3) is 0 Å². The smallest absolute Gasteiger partial charge is 0.339 e. The predicted molar refractivity (Wildman–Crippen MR) is 112 cm³/mol. The lowest BCUT2D eigenvalue weighted by Crippen LogP contribution is -2.11. The van der Waals surface area contributed by atoms with Gasteiger partial charge in [0.25, 0.3) is 0 Å². The lowest BCUT2D eigenvalue weighted by molar-refractivity contribution is 0.485. The molecular formula is C21H18BrNO3S. The van der Waals surface area contributed by atoms with Gasteiger partial charge in [-0.1, -0.05) is 51.8 Å². The molecule has 0 spiro atoms. The Kier molecular flexibility index (Phi) is 5.77. The molecule has 0 saturated carbocycles. The summed E-state index contributed by atoms with van der Waals surface area (Å²) < 4.78 is 31.4. The van der Waals surface area contributed by atoms with E-state index < -0.39 is 10.1 Å². The maximum atomic E-state index is 12.6. The quantitative estimate of drug-likeness (QED) is 0.381. The van der Waals surface area contributed by atoms with Crippen LogP contribution in [0.1, 0.15) is 16.7 Å². The molecule has 0 aliphatic carbocycles. The van der Waals surface area contributed by atoms with E-state index in [1.807, 2.05) is 38.1 Å². The van der Waals surface area contributed by atoms with Crippen molar-refractivity contribution >= 4 is 38.0 Å². The third-order valence-electron chi connectivity index (χ3n) is 3.94. The fourth-order valence-electron chi connectivity index (χ4n) is 2.41. The van der Waals surface area contributed by atoms with E-state index in [4.69, 9.17) is 4.18 Å². The summed E-state index contributed by atoms with van der Waals surface area (Å²) in [6, 6.07) is 19.3. The molecule has 0 unspecified atom stereocenters. The van der Waals surface area contributed by atoms with E-state index >= 15 is 0 Å². The lowest BCUT2D eigenvalue weighted by Gasteiger charge is -2.10. The highest BCUT2D eigenvalue weighted by atomic mass is 79.9. The third-order valence-corrected chi connectivity index (χ3v) is 5.68. The van der Waals surface area contributed by atoms with Crippen LogP contribution in [0.5, 0.6) is 5.75 Å². The Morgan fingerprint density at radius 2 is 1.67 bits per heavy atom. The second kappa shape index (κ2) is 8.06. The highest BCUT2D eigenvalue weighted by Crippen LogP contribution is 2.26. The van der Waals surface area contributed by atoms with E-state index in [0.29, 0.717) is 5.56 Å². The number of hydrogen-bond acceptors (Lipinski definition) is 4. The molecule has 0 amide bonds. The van der Waals surface area contributed by atoms with E-state index in [1.54, 1.807) is 36.5 Å². The molecule has 138 valence electrons. The van der Waals surface area contributed by atoms with Crippen LogP contribution in [-0.4, -0.2) is 14.6 Å². The van der Waals surface area contributed by atoms with Crippen molar-refractivity contribution < 1.29 is 12.6 Å². The van der Waals surface area contributed by atoms with Gasteiger partial charge in [0.05, 0.1) is 5.69 Å². The zero-order valence-electron chi connectivity index (χ0n) is 14.9. The second-order valence-corrected chi connectivity index (χ2v) is 8.54. The first kappa shape index (κ1) is 19.3. The molecule has 3 aromatic rings. The topological polar surface area (TPSA) is 55.7 Å². The summed E-state index contributed by atoms with van der Waals surface area (Å²) in [4.78, 5) is 4.58. The molecular weight excluding hydrogens is 426 g/mol. The number of aliphatic imine (C=N–C) groups is 1. The Balaban J connectivity index is 1.95. The van der Waals surface area contributed by atoms with Crippen molar-refractivity contribution in [1.82, 2.24) is 0 Å². The highest BCUT2D eigenvalue weighted by molar-refractivity contribution is 9.10. The molecule has 3 aromatic carbocycles. The second-order valence-electron chi connectivity index (χ2n) is 6.08. The van der Waals surface area contributed by atoms with Crippen LogP contribution in [0.2, 0.25) is 0 Å². The SMILES string of the molecule is Cc1ccc(S(=O)(=O)Oc2ccc(Br)cc2C=Nc2ccccc2C)cc1. The summed E-state index contributed by atoms with van der Waals surface area (Å²) in [6.07, 6.45) is 1.60. The van der Waals surface area contributed by atoms with Crippen LogP contribution < -0.4 is 4.18 Å². The zero-order chi connectivity index (χ0) is 19.4. The number of aryl methyl sites for hydroxylation is 2. The van der Waals surface area contributed by atoms with Gasteiger partial charge in [0.15, 0.2) is 5.75 Å². The van der Waals surface area contributed by atoms with Gasteiger partial charge in [-0.2, -0.15) is 8.42 Å². The molecule has 0 aromatic heterocycles. The molecule has 0 heterocycles. The molecule has 3 rings (SSSR count). The third kappa shape index (κ3) is 4.84. The standard InChI is InChI=1S/C21H18BrNO3S/c1-15-7-10-19(11-8-15)27(24,25)26-21-12-9-18(22)13-17(21)14-23-20-6-4-3-5-16(20)2/h3-14H,1-2H3. The molecule has 6 heteroatoms. The summed E-state index contributed by atoms with van der Waals surface area (Å²) in [5.41, 5.74) is 3.37. The van der Waals surface area contributed by atoms with Gasteiger partial charge in [0, 0.05) is 16.3 Å². The lowest BCUT2D eigenvalue weighted by atomic mass is 10.2. The minimum atomic E-state index is -3.93. The van der Waals surface area contributed by atoms with Gasteiger partial charge in [-0.15, -0.1) is 0 Å². The first-order valence-corrected chi connectivity index (χ1v) is 10.5. The van der Waals surface area contributed by atoms with Crippen LogP contribution in [0.15, 0.2) is 81.1 Å². The van der Waals surface area contributed by atoms with Gasteiger partial charge in [-0.3, -0.25) is 4.99 Å². The molecule has 0 aliphatic heterocycles. The van der Waals surface area contributed by atoms with E-state index in [0.717, 1.165) is 21.3 Å². The zero-order valence-corrected chi connectivity index (χ0v) is 17.3. The van der Waals surface area contributed by atoms with Gasteiger partial charge in [-0.25, -0.2) is 0 Å². The van der Waals surface area contributed by atoms with E-state index in [2.05, 4.69) is 20.9 Å². The van der Waals surface area contributed by atoms with Crippen molar-refractivity contribution in [2.75, 3.05) is 0 Å². The Bertz CT molecular complexity index is 1090. The molecule has 4 nitrogen and oxygen atoms in total. The van der Waals surface area contributed by atoms with Gasteiger partial charge in [0.1, 0.15) is 4.90 Å². The van der Waals surface area contributed by atoms with Crippen LogP contribution in [0.4, 0.5) is 5.69 Å². The molecule has 0 N–H and O–H groups in total. The average Bonchev–Trinajstić information content (AvgIpc) is 2.63. The highest BCUT2D eigenvalue weighted by Gasteiger charge is 2.18. The van der Waals surface area contributed by atoms with Crippen molar-refractivity contribution in [3.8, 4) is 5.75 Å². The summed E-state index contributed by atoms with van der Waals surface area (Å²) >= 11 is 3.40. The summed E-state index contributed by atoms with van der Waals surface area (Å²) in [6.45, 7) is 3.86. The van der Waals surface area contributed by atoms with E-state index in [1.165, 1.54) is 12.1 Å². The summed E-state index contributed by atoms with van der Waals surface area (Å²) in [5, 5.41) is 0. The Morgan fingerprint density at radius 1 is 0.963 bits per heavy atom. The minimum Gasteiger partial charge on any atom is -0.378 e. The molecule has 0 radical (unpaired) electrons. The molecule has 27 heavy (non-hydrogen) atoms. The van der Waals surface area contributed by atoms with Gasteiger partial charge in [0.2, 0.25) is 0 Å². The number of benzene rings is 3. The van der Waals surface area contributed by atoms with Crippen molar-refractivity contribution in [3.63, 3.8) is 0 Å². The van der Waals surface area contributed by atoms with Crippen LogP contribution in [0, 0.1) is 13.8 Å². The van der Waals surface area contributed by atoms with Crippen LogP contribution in [0.3, 0.4) is 0 Å². The number of hydrogen-bond donors (Lipinski definition) is 0. The Labute approximate surface area is 167 Å².